The molecular weight excluding hydrogens is 316 g/mol. The number of benzene rings is 1. The molecule has 5 nitrogen and oxygen atoms in total. The number of nitrogens with one attached hydrogen (secondary N) is 1. The highest BCUT2D eigenvalue weighted by molar-refractivity contribution is 6.32. The minimum absolute atomic E-state index is 0.0931. The molecule has 0 radical (unpaired) electrons. The van der Waals surface area contributed by atoms with Crippen LogP contribution >= 0.6 is 11.6 Å². The monoisotopic (exact) mass is 334 g/mol. The van der Waals surface area contributed by atoms with E-state index < -0.39 is 5.54 Å². The molecule has 0 aliphatic heterocycles. The topological polar surface area (TPSA) is 79.2 Å². The second kappa shape index (κ2) is 7.47. The first-order chi connectivity index (χ1) is 11.0. The van der Waals surface area contributed by atoms with Crippen LogP contribution in [0.2, 0.25) is 5.02 Å². The van der Waals surface area contributed by atoms with Crippen LogP contribution < -0.4 is 10.1 Å². The molecule has 23 heavy (non-hydrogen) atoms. The number of carbonyl (C=O) groups excluding carboxylic acids is 2. The van der Waals surface area contributed by atoms with Gasteiger partial charge in [0.1, 0.15) is 11.3 Å². The third-order valence-electron chi connectivity index (χ3n) is 4.00. The van der Waals surface area contributed by atoms with Crippen molar-refractivity contribution in [2.45, 2.75) is 44.6 Å². The molecule has 1 aliphatic carbocycles. The summed E-state index contributed by atoms with van der Waals surface area (Å²) in [5.74, 6) is -0.105. The summed E-state index contributed by atoms with van der Waals surface area (Å²) in [7, 11) is 0. The summed E-state index contributed by atoms with van der Waals surface area (Å²) in [6, 6.07) is 6.89. The number of ketones is 1. The minimum Gasteiger partial charge on any atom is -0.482 e. The van der Waals surface area contributed by atoms with Gasteiger partial charge in [-0.15, -0.1) is 0 Å². The third kappa shape index (κ3) is 4.46. The van der Waals surface area contributed by atoms with E-state index in [9.17, 15) is 14.9 Å². The molecule has 1 saturated carbocycles. The first-order valence-corrected chi connectivity index (χ1v) is 7.99. The van der Waals surface area contributed by atoms with Crippen LogP contribution in [0, 0.1) is 11.3 Å². The number of nitriles is 1. The maximum Gasteiger partial charge on any atom is 0.259 e. The van der Waals surface area contributed by atoms with Crippen LogP contribution in [0.25, 0.3) is 0 Å². The van der Waals surface area contributed by atoms with Crippen LogP contribution in [-0.2, 0) is 4.79 Å². The Morgan fingerprint density at radius 2 is 2.04 bits per heavy atom. The van der Waals surface area contributed by atoms with Gasteiger partial charge >= 0.3 is 0 Å². The lowest BCUT2D eigenvalue weighted by atomic mass is 9.83. The summed E-state index contributed by atoms with van der Waals surface area (Å²) >= 11 is 6.04. The summed E-state index contributed by atoms with van der Waals surface area (Å²) in [4.78, 5) is 23.3. The minimum atomic E-state index is -0.777. The summed E-state index contributed by atoms with van der Waals surface area (Å²) in [6.07, 6.45) is 4.31. The molecule has 0 unspecified atom stereocenters. The molecule has 1 N–H and O–H groups in total. The Hall–Kier alpha value is -2.06. The standard InChI is InChI=1S/C17H19ClN2O3/c1-12(21)13-5-6-15(14(18)9-13)23-10-16(22)20-17(11-19)7-3-2-4-8-17/h5-6,9H,2-4,7-8,10H2,1H3,(H,20,22). The lowest BCUT2D eigenvalue weighted by Gasteiger charge is -2.31. The van der Waals surface area contributed by atoms with Crippen molar-refractivity contribution in [3.05, 3.63) is 28.8 Å². The van der Waals surface area contributed by atoms with Crippen molar-refractivity contribution < 1.29 is 14.3 Å². The van der Waals surface area contributed by atoms with Crippen molar-refractivity contribution >= 4 is 23.3 Å². The summed E-state index contributed by atoms with van der Waals surface area (Å²) in [6.45, 7) is 1.23. The van der Waals surface area contributed by atoms with Crippen molar-refractivity contribution in [1.29, 1.82) is 5.26 Å². The van der Waals surface area contributed by atoms with Crippen LogP contribution in [0.3, 0.4) is 0 Å². The normalized spacial score (nSPS) is 16.2. The fourth-order valence-corrected chi connectivity index (χ4v) is 2.94. The predicted molar refractivity (Wildman–Crippen MR) is 86.5 cm³/mol. The van der Waals surface area contributed by atoms with Gasteiger partial charge in [0, 0.05) is 5.56 Å². The number of hydrogen-bond acceptors (Lipinski definition) is 4. The summed E-state index contributed by atoms with van der Waals surface area (Å²) in [5.41, 5.74) is -0.293. The highest BCUT2D eigenvalue weighted by Crippen LogP contribution is 2.28. The maximum atomic E-state index is 12.1. The van der Waals surface area contributed by atoms with Gasteiger partial charge in [0.15, 0.2) is 12.4 Å². The first-order valence-electron chi connectivity index (χ1n) is 7.61. The lowest BCUT2D eigenvalue weighted by Crippen LogP contribution is -2.50. The van der Waals surface area contributed by atoms with E-state index in [0.29, 0.717) is 24.2 Å². The fourth-order valence-electron chi connectivity index (χ4n) is 2.70. The smallest absolute Gasteiger partial charge is 0.259 e. The first kappa shape index (κ1) is 17.3. The van der Waals surface area contributed by atoms with Gasteiger partial charge < -0.3 is 10.1 Å². The van der Waals surface area contributed by atoms with Gasteiger partial charge in [0.2, 0.25) is 0 Å². The highest BCUT2D eigenvalue weighted by atomic mass is 35.5. The van der Waals surface area contributed by atoms with E-state index in [2.05, 4.69) is 11.4 Å². The van der Waals surface area contributed by atoms with Crippen molar-refractivity contribution in [2.75, 3.05) is 6.61 Å². The average Bonchev–Trinajstić information content (AvgIpc) is 2.54. The van der Waals surface area contributed by atoms with E-state index >= 15 is 0 Å². The number of ether oxygens (including phenoxy) is 1. The van der Waals surface area contributed by atoms with Gasteiger partial charge in [-0.25, -0.2) is 0 Å². The predicted octanol–water partition coefficient (Wildman–Crippen LogP) is 3.26. The molecule has 1 aromatic rings. The zero-order chi connectivity index (χ0) is 16.9. The molecule has 0 saturated heterocycles. The number of halogens is 1. The Morgan fingerprint density at radius 3 is 2.61 bits per heavy atom. The Kier molecular flexibility index (Phi) is 5.62. The van der Waals surface area contributed by atoms with Gasteiger partial charge in [-0.3, -0.25) is 9.59 Å². The molecule has 0 heterocycles. The third-order valence-corrected chi connectivity index (χ3v) is 4.29. The zero-order valence-electron chi connectivity index (χ0n) is 13.0. The van der Waals surface area contributed by atoms with E-state index in [1.807, 2.05) is 0 Å². The molecule has 6 heteroatoms. The molecule has 1 amide bonds. The molecule has 1 aromatic carbocycles. The molecule has 122 valence electrons. The molecule has 0 spiro atoms. The van der Waals surface area contributed by atoms with E-state index in [-0.39, 0.29) is 23.3 Å². The van der Waals surface area contributed by atoms with Gasteiger partial charge in [0.25, 0.3) is 5.91 Å². The Bertz CT molecular complexity index is 646. The van der Waals surface area contributed by atoms with Gasteiger partial charge in [0.05, 0.1) is 11.1 Å². The number of carbonyl (C=O) groups is 2. The van der Waals surface area contributed by atoms with Crippen LogP contribution in [0.5, 0.6) is 5.75 Å². The fraction of sp³-hybridized carbons (Fsp3) is 0.471. The molecule has 0 aromatic heterocycles. The zero-order valence-corrected chi connectivity index (χ0v) is 13.8. The largest absolute Gasteiger partial charge is 0.482 e. The molecule has 0 atom stereocenters. The van der Waals surface area contributed by atoms with Gasteiger partial charge in [-0.2, -0.15) is 5.26 Å². The van der Waals surface area contributed by atoms with Crippen molar-refractivity contribution in [3.63, 3.8) is 0 Å². The Morgan fingerprint density at radius 1 is 1.35 bits per heavy atom. The molecule has 0 bridgehead atoms. The van der Waals surface area contributed by atoms with E-state index in [4.69, 9.17) is 16.3 Å². The van der Waals surface area contributed by atoms with E-state index in [1.54, 1.807) is 12.1 Å². The van der Waals surface area contributed by atoms with Crippen molar-refractivity contribution in [3.8, 4) is 11.8 Å². The molecular formula is C17H19ClN2O3. The number of rotatable bonds is 5. The van der Waals surface area contributed by atoms with Crippen molar-refractivity contribution in [1.82, 2.24) is 5.32 Å². The van der Waals surface area contributed by atoms with Crippen LogP contribution in [0.15, 0.2) is 18.2 Å². The second-order valence-electron chi connectivity index (χ2n) is 5.79. The molecule has 1 aliphatic rings. The Labute approximate surface area is 140 Å². The number of nitrogens with zero attached hydrogens (tertiary/aromatic N) is 1. The number of Topliss-reactive ketones (excluding diaryl/α,β-unsaturated/α-hetero) is 1. The molecule has 2 rings (SSSR count). The number of amides is 1. The van der Waals surface area contributed by atoms with Crippen LogP contribution in [-0.4, -0.2) is 23.8 Å². The van der Waals surface area contributed by atoms with E-state index in [1.165, 1.54) is 13.0 Å². The molecule has 1 fully saturated rings. The van der Waals surface area contributed by atoms with Gasteiger partial charge in [-0.05, 0) is 38.0 Å². The summed E-state index contributed by atoms with van der Waals surface area (Å²) in [5, 5.41) is 12.4. The van der Waals surface area contributed by atoms with Gasteiger partial charge in [-0.1, -0.05) is 30.9 Å². The van der Waals surface area contributed by atoms with Crippen LogP contribution in [0.4, 0.5) is 0 Å². The van der Waals surface area contributed by atoms with Crippen molar-refractivity contribution in [2.24, 2.45) is 0 Å². The van der Waals surface area contributed by atoms with Crippen LogP contribution in [0.1, 0.15) is 49.4 Å². The lowest BCUT2D eigenvalue weighted by molar-refractivity contribution is -0.124. The Balaban J connectivity index is 1.94. The highest BCUT2D eigenvalue weighted by Gasteiger charge is 2.33. The average molecular weight is 335 g/mol. The summed E-state index contributed by atoms with van der Waals surface area (Å²) < 4.78 is 5.40. The quantitative estimate of drug-likeness (QED) is 0.838. The maximum absolute atomic E-state index is 12.1. The van der Waals surface area contributed by atoms with E-state index in [0.717, 1.165) is 19.3 Å². The number of hydrogen-bond donors (Lipinski definition) is 1. The second-order valence-corrected chi connectivity index (χ2v) is 6.20. The SMILES string of the molecule is CC(=O)c1ccc(OCC(=O)NC2(C#N)CCCCC2)c(Cl)c1.